The number of hydrogen-bond acceptors (Lipinski definition) is 4. The van der Waals surface area contributed by atoms with Crippen molar-refractivity contribution in [3.8, 4) is 5.75 Å². The van der Waals surface area contributed by atoms with Gasteiger partial charge < -0.3 is 20.7 Å². The van der Waals surface area contributed by atoms with Crippen molar-refractivity contribution in [3.63, 3.8) is 0 Å². The zero-order valence-corrected chi connectivity index (χ0v) is 12.0. The summed E-state index contributed by atoms with van der Waals surface area (Å²) in [6.45, 7) is 5.43. The lowest BCUT2D eigenvalue weighted by Gasteiger charge is -2.27. The average Bonchev–Trinajstić information content (AvgIpc) is 2.29. The predicted octanol–water partition coefficient (Wildman–Crippen LogP) is 2.28. The number of hydrogen-bond donors (Lipinski definition) is 2. The van der Waals surface area contributed by atoms with Gasteiger partial charge in [-0.1, -0.05) is 13.8 Å². The Balaban J connectivity index is 2.80. The lowest BCUT2D eigenvalue weighted by Crippen LogP contribution is -2.36. The normalized spacial score (nSPS) is 12.8. The van der Waals surface area contributed by atoms with Gasteiger partial charge in [-0.25, -0.2) is 0 Å². The third-order valence-electron chi connectivity index (χ3n) is 2.95. The van der Waals surface area contributed by atoms with E-state index in [0.717, 1.165) is 12.2 Å². The van der Waals surface area contributed by atoms with Gasteiger partial charge in [-0.05, 0) is 32.1 Å². The summed E-state index contributed by atoms with van der Waals surface area (Å²) in [4.78, 5) is 2.19. The highest BCUT2D eigenvalue weighted by Gasteiger charge is 2.14. The van der Waals surface area contributed by atoms with E-state index in [1.807, 2.05) is 18.2 Å². The van der Waals surface area contributed by atoms with Crippen molar-refractivity contribution in [3.05, 3.63) is 18.2 Å². The Morgan fingerprint density at radius 2 is 2.00 bits per heavy atom. The fraction of sp³-hybridized carbons (Fsp3) is 0.571. The van der Waals surface area contributed by atoms with Gasteiger partial charge in [0.2, 0.25) is 0 Å². The summed E-state index contributed by atoms with van der Waals surface area (Å²) in [5.41, 5.74) is 7.52. The van der Waals surface area contributed by atoms with Gasteiger partial charge in [0.1, 0.15) is 5.75 Å². The van der Waals surface area contributed by atoms with Crippen LogP contribution in [-0.2, 0) is 0 Å². The molecule has 4 nitrogen and oxygen atoms in total. The number of ether oxygens (including phenoxy) is 1. The van der Waals surface area contributed by atoms with E-state index in [0.29, 0.717) is 23.4 Å². The van der Waals surface area contributed by atoms with Crippen LogP contribution in [0.1, 0.15) is 13.8 Å². The largest absolute Gasteiger partial charge is 0.495 e. The second-order valence-electron chi connectivity index (χ2n) is 5.21. The molecule has 0 aliphatic rings. The molecule has 0 saturated heterocycles. The maximum absolute atomic E-state index is 5.81. The van der Waals surface area contributed by atoms with E-state index >= 15 is 0 Å². The molecule has 102 valence electrons. The van der Waals surface area contributed by atoms with Crippen LogP contribution in [0.25, 0.3) is 0 Å². The van der Waals surface area contributed by atoms with Gasteiger partial charge in [-0.3, -0.25) is 0 Å². The smallest absolute Gasteiger partial charge is 0.143 e. The molecular formula is C14H25N3O. The third-order valence-corrected chi connectivity index (χ3v) is 2.95. The Kier molecular flexibility index (Phi) is 5.28. The molecule has 1 aromatic rings. The molecule has 18 heavy (non-hydrogen) atoms. The van der Waals surface area contributed by atoms with E-state index in [4.69, 9.17) is 10.5 Å². The van der Waals surface area contributed by atoms with Crippen LogP contribution in [0.2, 0.25) is 0 Å². The van der Waals surface area contributed by atoms with Crippen LogP contribution >= 0.6 is 0 Å². The second kappa shape index (κ2) is 6.50. The minimum Gasteiger partial charge on any atom is -0.495 e. The molecule has 0 bridgehead atoms. The van der Waals surface area contributed by atoms with Crippen molar-refractivity contribution in [1.29, 1.82) is 0 Å². The van der Waals surface area contributed by atoms with E-state index in [1.54, 1.807) is 7.11 Å². The summed E-state index contributed by atoms with van der Waals surface area (Å²) in [6.07, 6.45) is 0. The monoisotopic (exact) mass is 251 g/mol. The topological polar surface area (TPSA) is 50.5 Å². The van der Waals surface area contributed by atoms with Crippen molar-refractivity contribution in [2.75, 3.05) is 38.8 Å². The van der Waals surface area contributed by atoms with Crippen LogP contribution < -0.4 is 15.8 Å². The Labute approximate surface area is 110 Å². The molecular weight excluding hydrogens is 226 g/mol. The first-order chi connectivity index (χ1) is 8.43. The van der Waals surface area contributed by atoms with Gasteiger partial charge in [-0.15, -0.1) is 0 Å². The molecule has 0 aliphatic heterocycles. The Bertz CT molecular complexity index is 377. The molecule has 1 unspecified atom stereocenters. The number of anilines is 2. The quantitative estimate of drug-likeness (QED) is 0.762. The fourth-order valence-electron chi connectivity index (χ4n) is 1.83. The number of nitrogen functional groups attached to an aromatic ring is 1. The van der Waals surface area contributed by atoms with Crippen molar-refractivity contribution in [1.82, 2.24) is 4.90 Å². The van der Waals surface area contributed by atoms with Crippen LogP contribution in [-0.4, -0.2) is 38.7 Å². The van der Waals surface area contributed by atoms with Gasteiger partial charge in [0.15, 0.2) is 0 Å². The first-order valence-corrected chi connectivity index (χ1v) is 6.28. The van der Waals surface area contributed by atoms with Gasteiger partial charge in [0, 0.05) is 24.3 Å². The lowest BCUT2D eigenvalue weighted by molar-refractivity contribution is 0.344. The Morgan fingerprint density at radius 1 is 1.33 bits per heavy atom. The second-order valence-corrected chi connectivity index (χ2v) is 5.21. The summed E-state index contributed by atoms with van der Waals surface area (Å²) in [5, 5.41) is 3.53. The molecule has 1 atom stereocenters. The van der Waals surface area contributed by atoms with E-state index in [1.165, 1.54) is 0 Å². The van der Waals surface area contributed by atoms with Crippen molar-refractivity contribution in [2.24, 2.45) is 5.92 Å². The standard InChI is InChI=1S/C14H25N3O/c1-10(2)13(9-17(3)4)16-11-6-7-12(15)14(8-11)18-5/h6-8,10,13,16H,9,15H2,1-5H3. The van der Waals surface area contributed by atoms with Crippen LogP contribution in [0.4, 0.5) is 11.4 Å². The number of methoxy groups -OCH3 is 1. The molecule has 0 aromatic heterocycles. The number of rotatable bonds is 6. The van der Waals surface area contributed by atoms with E-state index in [9.17, 15) is 0 Å². The van der Waals surface area contributed by atoms with Crippen molar-refractivity contribution in [2.45, 2.75) is 19.9 Å². The lowest BCUT2D eigenvalue weighted by atomic mass is 10.0. The highest BCUT2D eigenvalue weighted by Crippen LogP contribution is 2.26. The zero-order chi connectivity index (χ0) is 13.7. The highest BCUT2D eigenvalue weighted by atomic mass is 16.5. The molecule has 0 spiro atoms. The fourth-order valence-corrected chi connectivity index (χ4v) is 1.83. The first kappa shape index (κ1) is 14.6. The summed E-state index contributed by atoms with van der Waals surface area (Å²) in [5.74, 6) is 1.27. The summed E-state index contributed by atoms with van der Waals surface area (Å²) >= 11 is 0. The van der Waals surface area contributed by atoms with Gasteiger partial charge in [0.25, 0.3) is 0 Å². The SMILES string of the molecule is COc1cc(NC(CN(C)C)C(C)C)ccc1N. The molecule has 0 heterocycles. The molecule has 3 N–H and O–H groups in total. The van der Waals surface area contributed by atoms with Crippen LogP contribution in [0, 0.1) is 5.92 Å². The summed E-state index contributed by atoms with van der Waals surface area (Å²) in [6, 6.07) is 6.20. The number of nitrogens with zero attached hydrogens (tertiary/aromatic N) is 1. The number of nitrogens with one attached hydrogen (secondary N) is 1. The molecule has 4 heteroatoms. The summed E-state index contributed by atoms with van der Waals surface area (Å²) < 4.78 is 5.23. The molecule has 0 fully saturated rings. The molecule has 0 radical (unpaired) electrons. The molecule has 1 rings (SSSR count). The van der Waals surface area contributed by atoms with Gasteiger partial charge in [0.05, 0.1) is 12.8 Å². The Hall–Kier alpha value is -1.42. The van der Waals surface area contributed by atoms with E-state index in [-0.39, 0.29) is 0 Å². The Morgan fingerprint density at radius 3 is 2.50 bits per heavy atom. The first-order valence-electron chi connectivity index (χ1n) is 6.28. The number of likely N-dealkylation sites (N-methyl/N-ethyl adjacent to an activating group) is 1. The van der Waals surface area contributed by atoms with E-state index in [2.05, 4.69) is 38.2 Å². The van der Waals surface area contributed by atoms with Crippen LogP contribution in [0.15, 0.2) is 18.2 Å². The minimum absolute atomic E-state index is 0.397. The van der Waals surface area contributed by atoms with Gasteiger partial charge >= 0.3 is 0 Å². The van der Waals surface area contributed by atoms with Crippen molar-refractivity contribution >= 4 is 11.4 Å². The maximum Gasteiger partial charge on any atom is 0.143 e. The predicted molar refractivity (Wildman–Crippen MR) is 78.2 cm³/mol. The van der Waals surface area contributed by atoms with E-state index < -0.39 is 0 Å². The number of benzene rings is 1. The summed E-state index contributed by atoms with van der Waals surface area (Å²) in [7, 11) is 5.80. The van der Waals surface area contributed by atoms with Gasteiger partial charge in [-0.2, -0.15) is 0 Å². The van der Waals surface area contributed by atoms with Crippen LogP contribution in [0.5, 0.6) is 5.75 Å². The zero-order valence-electron chi connectivity index (χ0n) is 12.0. The molecule has 0 amide bonds. The third kappa shape index (κ3) is 4.11. The molecule has 1 aromatic carbocycles. The van der Waals surface area contributed by atoms with Crippen molar-refractivity contribution < 1.29 is 4.74 Å². The minimum atomic E-state index is 0.397. The average molecular weight is 251 g/mol. The maximum atomic E-state index is 5.81. The molecule has 0 saturated carbocycles. The highest BCUT2D eigenvalue weighted by molar-refractivity contribution is 5.61. The van der Waals surface area contributed by atoms with Crippen LogP contribution in [0.3, 0.4) is 0 Å². The molecule has 0 aliphatic carbocycles. The number of nitrogens with two attached hydrogens (primary N) is 1.